The van der Waals surface area contributed by atoms with Crippen LogP contribution in [0.3, 0.4) is 0 Å². The summed E-state index contributed by atoms with van der Waals surface area (Å²) in [5, 5.41) is 18.0. The SMILES string of the molecule is CCC(C(=O)O)=C(OOC(C)(C)c1ccccc1)C(=O)O. The largest absolute Gasteiger partial charge is 0.478 e. The van der Waals surface area contributed by atoms with E-state index < -0.39 is 23.3 Å². The third kappa shape index (κ3) is 4.32. The van der Waals surface area contributed by atoms with Crippen LogP contribution in [0.25, 0.3) is 0 Å². The first-order valence-electron chi connectivity index (χ1n) is 6.40. The van der Waals surface area contributed by atoms with Crippen molar-refractivity contribution in [1.29, 1.82) is 0 Å². The molecule has 0 bridgehead atoms. The lowest BCUT2D eigenvalue weighted by atomic mass is 9.99. The molecule has 0 saturated heterocycles. The smallest absolute Gasteiger partial charge is 0.375 e. The molecule has 0 aliphatic carbocycles. The molecule has 2 N–H and O–H groups in total. The summed E-state index contributed by atoms with van der Waals surface area (Å²) < 4.78 is 0. The number of hydrogen-bond donors (Lipinski definition) is 2. The van der Waals surface area contributed by atoms with Crippen LogP contribution in [-0.2, 0) is 25.0 Å². The maximum absolute atomic E-state index is 11.1. The predicted molar refractivity (Wildman–Crippen MR) is 74.2 cm³/mol. The minimum Gasteiger partial charge on any atom is -0.478 e. The van der Waals surface area contributed by atoms with Gasteiger partial charge in [0.1, 0.15) is 5.60 Å². The van der Waals surface area contributed by atoms with Crippen molar-refractivity contribution in [2.75, 3.05) is 0 Å². The Balaban J connectivity index is 2.98. The normalized spacial score (nSPS) is 12.5. The first kappa shape index (κ1) is 16.7. The van der Waals surface area contributed by atoms with Gasteiger partial charge in [-0.25, -0.2) is 9.59 Å². The van der Waals surface area contributed by atoms with Gasteiger partial charge < -0.3 is 15.1 Å². The molecule has 6 heteroatoms. The molecule has 0 spiro atoms. The van der Waals surface area contributed by atoms with Crippen molar-refractivity contribution < 1.29 is 29.6 Å². The summed E-state index contributed by atoms with van der Waals surface area (Å²) in [6.07, 6.45) is 0.00604. The Kier molecular flexibility index (Phi) is 5.49. The van der Waals surface area contributed by atoms with Gasteiger partial charge in [-0.2, -0.15) is 4.89 Å². The second-order valence-electron chi connectivity index (χ2n) is 4.81. The number of carboxylic acids is 2. The first-order chi connectivity index (χ1) is 9.79. The van der Waals surface area contributed by atoms with Crippen molar-refractivity contribution in [2.24, 2.45) is 0 Å². The maximum Gasteiger partial charge on any atom is 0.375 e. The van der Waals surface area contributed by atoms with Crippen molar-refractivity contribution >= 4 is 11.9 Å². The molecule has 21 heavy (non-hydrogen) atoms. The van der Waals surface area contributed by atoms with Crippen molar-refractivity contribution in [2.45, 2.75) is 32.8 Å². The minimum atomic E-state index is -1.49. The molecular weight excluding hydrogens is 276 g/mol. The van der Waals surface area contributed by atoms with Gasteiger partial charge in [0.2, 0.25) is 0 Å². The topological polar surface area (TPSA) is 93.1 Å². The zero-order chi connectivity index (χ0) is 16.0. The zero-order valence-electron chi connectivity index (χ0n) is 12.1. The second-order valence-corrected chi connectivity index (χ2v) is 4.81. The number of aliphatic carboxylic acids is 2. The Labute approximate surface area is 122 Å². The highest BCUT2D eigenvalue weighted by atomic mass is 17.2. The fraction of sp³-hybridized carbons (Fsp3) is 0.333. The molecule has 114 valence electrons. The van der Waals surface area contributed by atoms with Crippen molar-refractivity contribution in [3.05, 3.63) is 47.2 Å². The highest BCUT2D eigenvalue weighted by Crippen LogP contribution is 2.26. The molecule has 0 fully saturated rings. The Morgan fingerprint density at radius 3 is 2.10 bits per heavy atom. The number of hydrogen-bond acceptors (Lipinski definition) is 4. The predicted octanol–water partition coefficient (Wildman–Crippen LogP) is 2.70. The van der Waals surface area contributed by atoms with E-state index in [0.717, 1.165) is 5.56 Å². The van der Waals surface area contributed by atoms with E-state index in [0.29, 0.717) is 0 Å². The molecule has 0 amide bonds. The Bertz CT molecular complexity index is 545. The summed E-state index contributed by atoms with van der Waals surface area (Å²) in [7, 11) is 0. The van der Waals surface area contributed by atoms with E-state index in [4.69, 9.17) is 20.0 Å². The van der Waals surface area contributed by atoms with Crippen molar-refractivity contribution in [3.63, 3.8) is 0 Å². The van der Waals surface area contributed by atoms with Crippen LogP contribution in [0, 0.1) is 0 Å². The molecule has 0 aromatic heterocycles. The molecule has 1 aromatic rings. The summed E-state index contributed by atoms with van der Waals surface area (Å²) in [6.45, 7) is 4.90. The van der Waals surface area contributed by atoms with E-state index in [1.54, 1.807) is 26.0 Å². The van der Waals surface area contributed by atoms with Gasteiger partial charge in [0.15, 0.2) is 0 Å². The molecule has 0 aliphatic rings. The number of carboxylic acid groups (broad SMARTS) is 2. The van der Waals surface area contributed by atoms with Gasteiger partial charge in [-0.15, -0.1) is 0 Å². The number of carbonyl (C=O) groups is 2. The van der Waals surface area contributed by atoms with Gasteiger partial charge in [-0.1, -0.05) is 37.3 Å². The van der Waals surface area contributed by atoms with Crippen LogP contribution in [0.5, 0.6) is 0 Å². The van der Waals surface area contributed by atoms with Gasteiger partial charge in [0, 0.05) is 0 Å². The fourth-order valence-electron chi connectivity index (χ4n) is 1.66. The monoisotopic (exact) mass is 294 g/mol. The minimum absolute atomic E-state index is 0.00604. The number of rotatable bonds is 7. The van der Waals surface area contributed by atoms with Crippen LogP contribution in [-0.4, -0.2) is 22.2 Å². The summed E-state index contributed by atoms with van der Waals surface area (Å²) in [4.78, 5) is 32.2. The second kappa shape index (κ2) is 6.90. The van der Waals surface area contributed by atoms with Gasteiger partial charge in [0.05, 0.1) is 5.57 Å². The fourth-order valence-corrected chi connectivity index (χ4v) is 1.66. The molecule has 0 heterocycles. The summed E-state index contributed by atoms with van der Waals surface area (Å²) in [6, 6.07) is 9.05. The van der Waals surface area contributed by atoms with Gasteiger partial charge in [0.25, 0.3) is 5.76 Å². The lowest BCUT2D eigenvalue weighted by Crippen LogP contribution is -2.24. The van der Waals surface area contributed by atoms with Crippen LogP contribution in [0.4, 0.5) is 0 Å². The average Bonchev–Trinajstić information content (AvgIpc) is 2.43. The highest BCUT2D eigenvalue weighted by molar-refractivity contribution is 5.97. The lowest BCUT2D eigenvalue weighted by molar-refractivity contribution is -0.331. The van der Waals surface area contributed by atoms with E-state index in [1.165, 1.54) is 6.92 Å². The van der Waals surface area contributed by atoms with E-state index >= 15 is 0 Å². The van der Waals surface area contributed by atoms with Crippen LogP contribution < -0.4 is 0 Å². The highest BCUT2D eigenvalue weighted by Gasteiger charge is 2.28. The van der Waals surface area contributed by atoms with Gasteiger partial charge >= 0.3 is 11.9 Å². The maximum atomic E-state index is 11.1. The van der Waals surface area contributed by atoms with Crippen LogP contribution in [0.2, 0.25) is 0 Å². The Morgan fingerprint density at radius 2 is 1.67 bits per heavy atom. The molecule has 0 unspecified atom stereocenters. The number of benzene rings is 1. The first-order valence-corrected chi connectivity index (χ1v) is 6.40. The quantitative estimate of drug-likeness (QED) is 0.347. The van der Waals surface area contributed by atoms with E-state index in [-0.39, 0.29) is 12.0 Å². The van der Waals surface area contributed by atoms with Crippen molar-refractivity contribution in [1.82, 2.24) is 0 Å². The molecular formula is C15H18O6. The van der Waals surface area contributed by atoms with Crippen molar-refractivity contribution in [3.8, 4) is 0 Å². The molecule has 6 nitrogen and oxygen atoms in total. The summed E-state index contributed by atoms with van der Waals surface area (Å²) in [5.74, 6) is -3.55. The third-order valence-corrected chi connectivity index (χ3v) is 2.88. The molecule has 0 aliphatic heterocycles. The van der Waals surface area contributed by atoms with Crippen LogP contribution >= 0.6 is 0 Å². The molecule has 1 rings (SSSR count). The zero-order valence-corrected chi connectivity index (χ0v) is 12.1. The summed E-state index contributed by atoms with van der Waals surface area (Å²) in [5.41, 5.74) is -0.520. The molecule has 0 atom stereocenters. The Morgan fingerprint density at radius 1 is 1.10 bits per heavy atom. The summed E-state index contributed by atoms with van der Waals surface area (Å²) >= 11 is 0. The van der Waals surface area contributed by atoms with Crippen LogP contribution in [0.1, 0.15) is 32.8 Å². The van der Waals surface area contributed by atoms with Crippen LogP contribution in [0.15, 0.2) is 41.7 Å². The average molecular weight is 294 g/mol. The van der Waals surface area contributed by atoms with Gasteiger partial charge in [-0.05, 0) is 25.8 Å². The Hall–Kier alpha value is -2.34. The van der Waals surface area contributed by atoms with E-state index in [1.807, 2.05) is 18.2 Å². The van der Waals surface area contributed by atoms with E-state index in [2.05, 4.69) is 0 Å². The molecule has 0 saturated carbocycles. The third-order valence-electron chi connectivity index (χ3n) is 2.88. The van der Waals surface area contributed by atoms with Gasteiger partial charge in [-0.3, -0.25) is 0 Å². The standard InChI is InChI=1S/C15H18O6/c1-4-11(13(16)17)12(14(18)19)20-21-15(2,3)10-8-6-5-7-9-10/h5-9H,4H2,1-3H3,(H,16,17)(H,18,19). The lowest BCUT2D eigenvalue weighted by Gasteiger charge is -2.24. The van der Waals surface area contributed by atoms with E-state index in [9.17, 15) is 9.59 Å². The molecule has 1 aromatic carbocycles. The molecule has 0 radical (unpaired) electrons.